The lowest BCUT2D eigenvalue weighted by molar-refractivity contribution is 0.0683. The van der Waals surface area contributed by atoms with Gasteiger partial charge in [0.15, 0.2) is 5.69 Å². The van der Waals surface area contributed by atoms with Gasteiger partial charge in [0.25, 0.3) is 5.91 Å². The fourth-order valence-corrected chi connectivity index (χ4v) is 2.70. The van der Waals surface area contributed by atoms with Gasteiger partial charge >= 0.3 is 5.97 Å². The summed E-state index contributed by atoms with van der Waals surface area (Å²) in [6.45, 7) is 2.14. The first-order valence-corrected chi connectivity index (χ1v) is 6.73. The molecular formula is C15H15N3O3. The second-order valence-electron chi connectivity index (χ2n) is 5.00. The van der Waals surface area contributed by atoms with Gasteiger partial charge in [0.05, 0.1) is 23.5 Å². The maximum atomic E-state index is 12.4. The first kappa shape index (κ1) is 13.4. The Morgan fingerprint density at radius 1 is 1.38 bits per heavy atom. The van der Waals surface area contributed by atoms with E-state index >= 15 is 0 Å². The van der Waals surface area contributed by atoms with Crippen molar-refractivity contribution in [3.63, 3.8) is 0 Å². The molecule has 1 N–H and O–H groups in total. The number of amides is 1. The molecule has 0 unspecified atom stereocenters. The lowest BCUT2D eigenvalue weighted by atomic mass is 10.1. The van der Waals surface area contributed by atoms with Crippen molar-refractivity contribution in [1.82, 2.24) is 14.5 Å². The first-order chi connectivity index (χ1) is 10.0. The Bertz CT molecular complexity index is 749. The highest BCUT2D eigenvalue weighted by Gasteiger charge is 2.30. The van der Waals surface area contributed by atoms with Crippen molar-refractivity contribution in [3.05, 3.63) is 47.0 Å². The molecule has 0 spiro atoms. The SMILES string of the molecule is CCc1nc(C(=O)O)c2n1-c1ccccc1C(=O)N(C)C2. The quantitative estimate of drug-likeness (QED) is 0.911. The summed E-state index contributed by atoms with van der Waals surface area (Å²) in [5.41, 5.74) is 1.81. The zero-order chi connectivity index (χ0) is 15.1. The summed E-state index contributed by atoms with van der Waals surface area (Å²) < 4.78 is 1.81. The van der Waals surface area contributed by atoms with Crippen LogP contribution in [0.3, 0.4) is 0 Å². The van der Waals surface area contributed by atoms with Gasteiger partial charge in [-0.15, -0.1) is 0 Å². The predicted molar refractivity (Wildman–Crippen MR) is 75.7 cm³/mol. The number of aromatic carboxylic acids is 1. The highest BCUT2D eigenvalue weighted by atomic mass is 16.4. The molecular weight excluding hydrogens is 270 g/mol. The lowest BCUT2D eigenvalue weighted by Crippen LogP contribution is -2.25. The lowest BCUT2D eigenvalue weighted by Gasteiger charge is -2.13. The molecule has 2 aromatic rings. The van der Waals surface area contributed by atoms with Crippen LogP contribution in [0.15, 0.2) is 24.3 Å². The molecule has 3 rings (SSSR count). The molecule has 0 fully saturated rings. The van der Waals surface area contributed by atoms with E-state index in [1.54, 1.807) is 23.7 Å². The Kier molecular flexibility index (Phi) is 3.01. The van der Waals surface area contributed by atoms with E-state index in [0.717, 1.165) is 0 Å². The Balaban J connectivity index is 2.38. The standard InChI is InChI=1S/C15H15N3O3/c1-3-12-16-13(15(20)21)11-8-17(2)14(19)9-6-4-5-7-10(9)18(11)12/h4-7H,3,8H2,1-2H3,(H,20,21). The van der Waals surface area contributed by atoms with Crippen molar-refractivity contribution in [2.45, 2.75) is 19.9 Å². The van der Waals surface area contributed by atoms with E-state index in [2.05, 4.69) is 4.98 Å². The minimum atomic E-state index is -1.07. The summed E-state index contributed by atoms with van der Waals surface area (Å²) in [4.78, 5) is 29.6. The number of para-hydroxylation sites is 1. The average Bonchev–Trinajstić information content (AvgIpc) is 2.80. The molecule has 21 heavy (non-hydrogen) atoms. The van der Waals surface area contributed by atoms with E-state index in [4.69, 9.17) is 0 Å². The molecule has 1 aromatic heterocycles. The molecule has 0 saturated heterocycles. The van der Waals surface area contributed by atoms with Gasteiger partial charge in [0, 0.05) is 13.5 Å². The van der Waals surface area contributed by atoms with Gasteiger partial charge in [-0.25, -0.2) is 9.78 Å². The van der Waals surface area contributed by atoms with Gasteiger partial charge in [-0.2, -0.15) is 0 Å². The number of imidazole rings is 1. The van der Waals surface area contributed by atoms with E-state index in [0.29, 0.717) is 29.2 Å². The van der Waals surface area contributed by atoms with Crippen LogP contribution in [0.2, 0.25) is 0 Å². The van der Waals surface area contributed by atoms with Crippen molar-refractivity contribution in [2.75, 3.05) is 7.05 Å². The molecule has 0 atom stereocenters. The Hall–Kier alpha value is -2.63. The van der Waals surface area contributed by atoms with E-state index in [9.17, 15) is 14.7 Å². The molecule has 0 saturated carbocycles. The summed E-state index contributed by atoms with van der Waals surface area (Å²) in [5, 5.41) is 9.36. The van der Waals surface area contributed by atoms with Crippen LogP contribution in [0.5, 0.6) is 0 Å². The molecule has 1 amide bonds. The van der Waals surface area contributed by atoms with Crippen LogP contribution in [0, 0.1) is 0 Å². The summed E-state index contributed by atoms with van der Waals surface area (Å²) in [6.07, 6.45) is 0.590. The number of carbonyl (C=O) groups is 2. The molecule has 0 bridgehead atoms. The summed E-state index contributed by atoms with van der Waals surface area (Å²) in [6, 6.07) is 7.21. The number of aromatic nitrogens is 2. The largest absolute Gasteiger partial charge is 0.476 e. The molecule has 1 aliphatic rings. The van der Waals surface area contributed by atoms with Crippen LogP contribution in [-0.4, -0.2) is 38.5 Å². The number of aryl methyl sites for hydroxylation is 1. The molecule has 1 aromatic carbocycles. The Morgan fingerprint density at radius 3 is 2.76 bits per heavy atom. The van der Waals surface area contributed by atoms with E-state index in [1.807, 2.05) is 19.1 Å². The fraction of sp³-hybridized carbons (Fsp3) is 0.267. The van der Waals surface area contributed by atoms with E-state index in [-0.39, 0.29) is 18.1 Å². The number of hydrogen-bond acceptors (Lipinski definition) is 3. The number of carbonyl (C=O) groups excluding carboxylic acids is 1. The summed E-state index contributed by atoms with van der Waals surface area (Å²) in [7, 11) is 1.67. The molecule has 108 valence electrons. The summed E-state index contributed by atoms with van der Waals surface area (Å²) in [5.74, 6) is -0.538. The van der Waals surface area contributed by atoms with Crippen LogP contribution < -0.4 is 0 Å². The highest BCUT2D eigenvalue weighted by molar-refractivity contribution is 5.99. The molecule has 6 heteroatoms. The monoisotopic (exact) mass is 285 g/mol. The third-order valence-corrected chi connectivity index (χ3v) is 3.67. The first-order valence-electron chi connectivity index (χ1n) is 6.73. The van der Waals surface area contributed by atoms with Gasteiger partial charge in [0.2, 0.25) is 0 Å². The third kappa shape index (κ3) is 1.91. The number of carboxylic acid groups (broad SMARTS) is 1. The number of nitrogens with zero attached hydrogens (tertiary/aromatic N) is 3. The number of benzene rings is 1. The smallest absolute Gasteiger partial charge is 0.356 e. The number of hydrogen-bond donors (Lipinski definition) is 1. The van der Waals surface area contributed by atoms with Crippen LogP contribution in [0.4, 0.5) is 0 Å². The molecule has 6 nitrogen and oxygen atoms in total. The van der Waals surface area contributed by atoms with Crippen molar-refractivity contribution in [2.24, 2.45) is 0 Å². The van der Waals surface area contributed by atoms with Gasteiger partial charge in [0.1, 0.15) is 5.82 Å². The van der Waals surface area contributed by atoms with Crippen molar-refractivity contribution in [1.29, 1.82) is 0 Å². The van der Waals surface area contributed by atoms with E-state index < -0.39 is 5.97 Å². The van der Waals surface area contributed by atoms with E-state index in [1.165, 1.54) is 4.90 Å². The van der Waals surface area contributed by atoms with Crippen LogP contribution >= 0.6 is 0 Å². The van der Waals surface area contributed by atoms with Gasteiger partial charge in [-0.1, -0.05) is 19.1 Å². The topological polar surface area (TPSA) is 75.4 Å². The normalized spacial score (nSPS) is 13.6. The second-order valence-corrected chi connectivity index (χ2v) is 5.00. The minimum Gasteiger partial charge on any atom is -0.476 e. The Labute approximate surface area is 121 Å². The highest BCUT2D eigenvalue weighted by Crippen LogP contribution is 2.27. The van der Waals surface area contributed by atoms with Gasteiger partial charge < -0.3 is 10.0 Å². The zero-order valence-electron chi connectivity index (χ0n) is 11.8. The number of fused-ring (bicyclic) bond motifs is 3. The Morgan fingerprint density at radius 2 is 2.10 bits per heavy atom. The average molecular weight is 285 g/mol. The number of rotatable bonds is 2. The van der Waals surface area contributed by atoms with Crippen LogP contribution in [-0.2, 0) is 13.0 Å². The maximum absolute atomic E-state index is 12.4. The van der Waals surface area contributed by atoms with Crippen molar-refractivity contribution in [3.8, 4) is 5.69 Å². The molecule has 2 heterocycles. The molecule has 0 radical (unpaired) electrons. The van der Waals surface area contributed by atoms with Crippen molar-refractivity contribution < 1.29 is 14.7 Å². The third-order valence-electron chi connectivity index (χ3n) is 3.67. The van der Waals surface area contributed by atoms with Gasteiger partial charge in [-0.3, -0.25) is 9.36 Å². The predicted octanol–water partition coefficient (Wildman–Crippen LogP) is 1.72. The fourth-order valence-electron chi connectivity index (χ4n) is 2.70. The molecule has 1 aliphatic heterocycles. The van der Waals surface area contributed by atoms with Crippen LogP contribution in [0.25, 0.3) is 5.69 Å². The van der Waals surface area contributed by atoms with Crippen molar-refractivity contribution >= 4 is 11.9 Å². The zero-order valence-corrected chi connectivity index (χ0v) is 11.8. The maximum Gasteiger partial charge on any atom is 0.356 e. The van der Waals surface area contributed by atoms with Crippen LogP contribution in [0.1, 0.15) is 39.3 Å². The molecule has 0 aliphatic carbocycles. The summed E-state index contributed by atoms with van der Waals surface area (Å²) >= 11 is 0. The van der Waals surface area contributed by atoms with Gasteiger partial charge in [-0.05, 0) is 12.1 Å². The number of carboxylic acids is 1. The second kappa shape index (κ2) is 4.73. The minimum absolute atomic E-state index is 0.0169.